The van der Waals surface area contributed by atoms with E-state index in [1.165, 1.54) is 0 Å². The molecule has 1 fully saturated rings. The number of hydrogen-bond donors (Lipinski definition) is 3. The van der Waals surface area contributed by atoms with Crippen LogP contribution in [0.1, 0.15) is 18.4 Å². The second-order valence-corrected chi connectivity index (χ2v) is 5.05. The lowest BCUT2D eigenvalue weighted by Crippen LogP contribution is -2.43. The van der Waals surface area contributed by atoms with Gasteiger partial charge >= 0.3 is 6.03 Å². The third kappa shape index (κ3) is 5.72. The zero-order chi connectivity index (χ0) is 15.1. The van der Waals surface area contributed by atoms with E-state index in [-0.39, 0.29) is 18.5 Å². The molecule has 1 aliphatic carbocycles. The van der Waals surface area contributed by atoms with Gasteiger partial charge in [0, 0.05) is 12.6 Å². The maximum Gasteiger partial charge on any atom is 0.315 e. The highest BCUT2D eigenvalue weighted by Gasteiger charge is 2.23. The van der Waals surface area contributed by atoms with Gasteiger partial charge in [0.25, 0.3) is 0 Å². The molecular formula is C15H21N3O3. The Morgan fingerprint density at radius 2 is 2.10 bits per heavy atom. The van der Waals surface area contributed by atoms with E-state index in [1.807, 2.05) is 24.3 Å². The third-order valence-corrected chi connectivity index (χ3v) is 3.19. The van der Waals surface area contributed by atoms with Crippen LogP contribution >= 0.6 is 0 Å². The first-order chi connectivity index (χ1) is 10.2. The summed E-state index contributed by atoms with van der Waals surface area (Å²) in [6.07, 6.45) is 2.78. The highest BCUT2D eigenvalue weighted by Crippen LogP contribution is 2.18. The molecule has 0 radical (unpaired) electrons. The summed E-state index contributed by atoms with van der Waals surface area (Å²) in [7, 11) is 1.62. The van der Waals surface area contributed by atoms with Crippen molar-refractivity contribution in [3.63, 3.8) is 0 Å². The first-order valence-corrected chi connectivity index (χ1v) is 7.11. The Morgan fingerprint density at radius 3 is 2.81 bits per heavy atom. The molecule has 0 atom stereocenters. The van der Waals surface area contributed by atoms with E-state index in [0.717, 1.165) is 30.6 Å². The Balaban J connectivity index is 1.60. The molecule has 1 aromatic rings. The van der Waals surface area contributed by atoms with E-state index in [0.29, 0.717) is 12.6 Å². The Bertz CT molecular complexity index is 501. The van der Waals surface area contributed by atoms with Gasteiger partial charge in [-0.05, 0) is 37.0 Å². The van der Waals surface area contributed by atoms with Crippen molar-refractivity contribution in [3.8, 4) is 5.75 Å². The molecule has 21 heavy (non-hydrogen) atoms. The topological polar surface area (TPSA) is 79.5 Å². The van der Waals surface area contributed by atoms with E-state index in [9.17, 15) is 9.59 Å². The third-order valence-electron chi connectivity index (χ3n) is 3.19. The predicted molar refractivity (Wildman–Crippen MR) is 79.3 cm³/mol. The van der Waals surface area contributed by atoms with Crippen molar-refractivity contribution < 1.29 is 14.3 Å². The average molecular weight is 291 g/mol. The zero-order valence-electron chi connectivity index (χ0n) is 12.1. The minimum Gasteiger partial charge on any atom is -0.497 e. The largest absolute Gasteiger partial charge is 0.497 e. The van der Waals surface area contributed by atoms with Gasteiger partial charge in [0.2, 0.25) is 5.91 Å². The first kappa shape index (κ1) is 15.2. The Labute approximate surface area is 124 Å². The van der Waals surface area contributed by atoms with Crippen molar-refractivity contribution >= 4 is 11.9 Å². The SMILES string of the molecule is COc1cccc(CCNC(=O)CNC(=O)NC2CC2)c1. The summed E-state index contributed by atoms with van der Waals surface area (Å²) in [5.41, 5.74) is 1.09. The molecular weight excluding hydrogens is 270 g/mol. The summed E-state index contributed by atoms with van der Waals surface area (Å²) in [5, 5.41) is 8.07. The average Bonchev–Trinajstić information content (AvgIpc) is 3.29. The van der Waals surface area contributed by atoms with Gasteiger partial charge in [0.05, 0.1) is 13.7 Å². The standard InChI is InChI=1S/C15H21N3O3/c1-21-13-4-2-3-11(9-13)7-8-16-14(19)10-17-15(20)18-12-5-6-12/h2-4,9,12H,5-8,10H2,1H3,(H,16,19)(H2,17,18,20). The van der Waals surface area contributed by atoms with Crippen LogP contribution in [0.5, 0.6) is 5.75 Å². The van der Waals surface area contributed by atoms with Crippen LogP contribution in [0.4, 0.5) is 4.79 Å². The summed E-state index contributed by atoms with van der Waals surface area (Å²) in [6, 6.07) is 7.73. The van der Waals surface area contributed by atoms with Crippen LogP contribution in [0.25, 0.3) is 0 Å². The molecule has 1 aliphatic rings. The zero-order valence-corrected chi connectivity index (χ0v) is 12.1. The van der Waals surface area contributed by atoms with E-state index in [2.05, 4.69) is 16.0 Å². The van der Waals surface area contributed by atoms with Crippen molar-refractivity contribution in [1.82, 2.24) is 16.0 Å². The van der Waals surface area contributed by atoms with Crippen LogP contribution in [0.3, 0.4) is 0 Å². The number of rotatable bonds is 7. The molecule has 1 aromatic carbocycles. The minimum atomic E-state index is -0.277. The number of carbonyl (C=O) groups excluding carboxylic acids is 2. The first-order valence-electron chi connectivity index (χ1n) is 7.11. The van der Waals surface area contributed by atoms with Crippen molar-refractivity contribution in [2.24, 2.45) is 0 Å². The number of amides is 3. The van der Waals surface area contributed by atoms with Gasteiger partial charge < -0.3 is 20.7 Å². The molecule has 0 aliphatic heterocycles. The molecule has 0 heterocycles. The molecule has 0 bridgehead atoms. The van der Waals surface area contributed by atoms with E-state index in [1.54, 1.807) is 7.11 Å². The van der Waals surface area contributed by atoms with Gasteiger partial charge in [-0.15, -0.1) is 0 Å². The highest BCUT2D eigenvalue weighted by atomic mass is 16.5. The van der Waals surface area contributed by atoms with Gasteiger partial charge in [-0.2, -0.15) is 0 Å². The molecule has 3 amide bonds. The van der Waals surface area contributed by atoms with Crippen molar-refractivity contribution in [2.75, 3.05) is 20.2 Å². The quantitative estimate of drug-likeness (QED) is 0.696. The fourth-order valence-corrected chi connectivity index (χ4v) is 1.86. The van der Waals surface area contributed by atoms with E-state index < -0.39 is 0 Å². The smallest absolute Gasteiger partial charge is 0.315 e. The number of nitrogens with one attached hydrogen (secondary N) is 3. The van der Waals surface area contributed by atoms with Gasteiger partial charge in [0.1, 0.15) is 5.75 Å². The summed E-state index contributed by atoms with van der Waals surface area (Å²) in [5.74, 6) is 0.612. The maximum absolute atomic E-state index is 11.6. The van der Waals surface area contributed by atoms with Crippen molar-refractivity contribution in [1.29, 1.82) is 0 Å². The normalized spacial score (nSPS) is 13.4. The molecule has 1 saturated carbocycles. The number of carbonyl (C=O) groups is 2. The maximum atomic E-state index is 11.6. The molecule has 6 heteroatoms. The number of urea groups is 1. The number of methoxy groups -OCH3 is 1. The molecule has 0 aromatic heterocycles. The Morgan fingerprint density at radius 1 is 1.29 bits per heavy atom. The molecule has 0 unspecified atom stereocenters. The van der Waals surface area contributed by atoms with Gasteiger partial charge in [0.15, 0.2) is 0 Å². The van der Waals surface area contributed by atoms with Crippen LogP contribution in [0.15, 0.2) is 24.3 Å². The number of hydrogen-bond acceptors (Lipinski definition) is 3. The Kier molecular flexibility index (Phi) is 5.43. The fraction of sp³-hybridized carbons (Fsp3) is 0.467. The highest BCUT2D eigenvalue weighted by molar-refractivity contribution is 5.84. The molecule has 114 valence electrons. The minimum absolute atomic E-state index is 0.00331. The lowest BCUT2D eigenvalue weighted by molar-refractivity contribution is -0.120. The summed E-state index contributed by atoms with van der Waals surface area (Å²) < 4.78 is 5.14. The molecule has 6 nitrogen and oxygen atoms in total. The van der Waals surface area contributed by atoms with Crippen molar-refractivity contribution in [3.05, 3.63) is 29.8 Å². The Hall–Kier alpha value is -2.24. The number of benzene rings is 1. The van der Waals surface area contributed by atoms with E-state index in [4.69, 9.17) is 4.74 Å². The van der Waals surface area contributed by atoms with Crippen LogP contribution in [-0.4, -0.2) is 38.2 Å². The second-order valence-electron chi connectivity index (χ2n) is 5.05. The van der Waals surface area contributed by atoms with Crippen molar-refractivity contribution in [2.45, 2.75) is 25.3 Å². The lowest BCUT2D eigenvalue weighted by atomic mass is 10.1. The van der Waals surface area contributed by atoms with Crippen LogP contribution < -0.4 is 20.7 Å². The fourth-order valence-electron chi connectivity index (χ4n) is 1.86. The van der Waals surface area contributed by atoms with E-state index >= 15 is 0 Å². The molecule has 3 N–H and O–H groups in total. The summed E-state index contributed by atoms with van der Waals surface area (Å²) in [6.45, 7) is 0.522. The van der Waals surface area contributed by atoms with Gasteiger partial charge in [-0.1, -0.05) is 12.1 Å². The van der Waals surface area contributed by atoms with Crippen LogP contribution in [0, 0.1) is 0 Å². The lowest BCUT2D eigenvalue weighted by Gasteiger charge is -2.08. The molecule has 0 spiro atoms. The second kappa shape index (κ2) is 7.52. The van der Waals surface area contributed by atoms with Gasteiger partial charge in [-0.3, -0.25) is 4.79 Å². The molecule has 2 rings (SSSR count). The van der Waals surface area contributed by atoms with Gasteiger partial charge in [-0.25, -0.2) is 4.79 Å². The predicted octanol–water partition coefficient (Wildman–Crippen LogP) is 0.815. The van der Waals surface area contributed by atoms with Crippen LogP contribution in [0.2, 0.25) is 0 Å². The monoisotopic (exact) mass is 291 g/mol. The van der Waals surface area contributed by atoms with Crippen LogP contribution in [-0.2, 0) is 11.2 Å². The summed E-state index contributed by atoms with van der Waals surface area (Å²) in [4.78, 5) is 22.9. The number of ether oxygens (including phenoxy) is 1. The summed E-state index contributed by atoms with van der Waals surface area (Å²) >= 11 is 0. The molecule has 0 saturated heterocycles.